The van der Waals surface area contributed by atoms with Crippen LogP contribution in [0.4, 0.5) is 0 Å². The second kappa shape index (κ2) is 25.4. The molecule has 29 heavy (non-hydrogen) atoms. The summed E-state index contributed by atoms with van der Waals surface area (Å²) in [7, 11) is 0. The number of aryl methyl sites for hydroxylation is 1. The largest absolute Gasteiger partial charge is 2.00 e. The fourth-order valence-corrected chi connectivity index (χ4v) is 1.99. The normalized spacial score (nSPS) is 9.90. The zero-order valence-corrected chi connectivity index (χ0v) is 30.7. The Labute approximate surface area is 234 Å². The van der Waals surface area contributed by atoms with Crippen LogP contribution in [0, 0.1) is 0 Å². The third-order valence-electron chi connectivity index (χ3n) is 3.04. The van der Waals surface area contributed by atoms with Crippen molar-refractivity contribution in [1.29, 1.82) is 0 Å². The zero-order chi connectivity index (χ0) is 20.6. The summed E-state index contributed by atoms with van der Waals surface area (Å²) in [5.41, 5.74) is -6.35. The van der Waals surface area contributed by atoms with Gasteiger partial charge in [-0.2, -0.15) is 23.6 Å². The SMILES string of the molecule is CCCCCCCCCc1ccccc1O.[O-]P([O-])(=S)[S-].[O-]P([O-])(=S)[S-].[Zn+2].[Zn+2].[Zn+2]. The van der Waals surface area contributed by atoms with E-state index in [4.69, 9.17) is 0 Å². The molecule has 154 valence electrons. The van der Waals surface area contributed by atoms with Gasteiger partial charge in [-0.1, -0.05) is 63.6 Å². The van der Waals surface area contributed by atoms with Crippen LogP contribution >= 0.6 is 11.4 Å². The molecule has 0 unspecified atom stereocenters. The molecular weight excluding hydrogens is 647 g/mol. The number of phenols is 1. The number of benzene rings is 1. The van der Waals surface area contributed by atoms with Crippen molar-refractivity contribution in [3.63, 3.8) is 0 Å². The van der Waals surface area contributed by atoms with E-state index in [9.17, 15) is 24.7 Å². The van der Waals surface area contributed by atoms with Gasteiger partial charge in [0.15, 0.2) is 0 Å². The van der Waals surface area contributed by atoms with E-state index < -0.39 is 11.4 Å². The van der Waals surface area contributed by atoms with Crippen LogP contribution in [0.1, 0.15) is 57.4 Å². The molecule has 1 aromatic carbocycles. The summed E-state index contributed by atoms with van der Waals surface area (Å²) in [6, 6.07) is 7.67. The van der Waals surface area contributed by atoms with Crippen molar-refractivity contribution in [3.8, 4) is 5.75 Å². The van der Waals surface area contributed by atoms with E-state index >= 15 is 0 Å². The topological polar surface area (TPSA) is 112 Å². The van der Waals surface area contributed by atoms with E-state index in [0.29, 0.717) is 5.75 Å². The number of aromatic hydroxyl groups is 1. The molecule has 14 heteroatoms. The van der Waals surface area contributed by atoms with Crippen molar-refractivity contribution in [2.24, 2.45) is 0 Å². The number of unbranched alkanes of at least 4 members (excludes halogenated alkanes) is 6. The maximum Gasteiger partial charge on any atom is 2.00 e. The Kier molecular flexibility index (Phi) is 36.7. The molecule has 1 rings (SSSR count). The molecule has 0 heterocycles. The molecule has 5 nitrogen and oxygen atoms in total. The summed E-state index contributed by atoms with van der Waals surface area (Å²) in [5, 5.41) is 9.58. The van der Waals surface area contributed by atoms with Gasteiger partial charge >= 0.3 is 58.4 Å². The van der Waals surface area contributed by atoms with Gasteiger partial charge in [0.1, 0.15) is 5.75 Å². The number of para-hydroxylation sites is 1. The van der Waals surface area contributed by atoms with Crippen LogP contribution in [0.5, 0.6) is 5.75 Å². The Morgan fingerprint density at radius 2 is 1.14 bits per heavy atom. The Morgan fingerprint density at radius 3 is 1.52 bits per heavy atom. The molecule has 0 aliphatic heterocycles. The van der Waals surface area contributed by atoms with Crippen molar-refractivity contribution < 1.29 is 83.1 Å². The monoisotopic (exact) mass is 666 g/mol. The molecule has 0 atom stereocenters. The maximum absolute atomic E-state index is 9.58. The Hall–Kier alpha value is 2.73. The molecule has 0 bridgehead atoms. The predicted octanol–water partition coefficient (Wildman–Crippen LogP) is 1.63. The van der Waals surface area contributed by atoms with E-state index in [0.717, 1.165) is 12.0 Å². The number of rotatable bonds is 8. The fraction of sp³-hybridized carbons (Fsp3) is 0.600. The molecule has 1 N–H and O–H groups in total. The zero-order valence-electron chi connectivity index (χ0n) is 16.7. The molecule has 0 fully saturated rings. The van der Waals surface area contributed by atoms with Crippen molar-refractivity contribution in [3.05, 3.63) is 29.8 Å². The van der Waals surface area contributed by atoms with Crippen LogP contribution < -0.4 is 19.6 Å². The summed E-state index contributed by atoms with van der Waals surface area (Å²) in [6.45, 7) is 2.25. The smallest absolute Gasteiger partial charge is 0.850 e. The third-order valence-corrected chi connectivity index (χ3v) is 3.04. The first-order valence-electron chi connectivity index (χ1n) is 8.07. The minimum atomic E-state index is -3.72. The van der Waals surface area contributed by atoms with Gasteiger partial charge in [0.2, 0.25) is 0 Å². The van der Waals surface area contributed by atoms with Gasteiger partial charge in [0.25, 0.3) is 0 Å². The Morgan fingerprint density at radius 1 is 0.793 bits per heavy atom. The molecule has 1 aromatic rings. The number of hydrogen-bond donors (Lipinski definition) is 1. The Balaban J connectivity index is -0.000000125. The third kappa shape index (κ3) is 49.1. The first-order valence-corrected chi connectivity index (χ1v) is 15.4. The van der Waals surface area contributed by atoms with Gasteiger partial charge in [-0.05, 0) is 24.5 Å². The van der Waals surface area contributed by atoms with Crippen molar-refractivity contribution in [1.82, 2.24) is 0 Å². The molecule has 0 aromatic heterocycles. The summed E-state index contributed by atoms with van der Waals surface area (Å²) in [5.74, 6) is 0.452. The second-order valence-electron chi connectivity index (χ2n) is 5.39. The first-order chi connectivity index (χ1) is 11.8. The van der Waals surface area contributed by atoms with Crippen molar-refractivity contribution in [2.75, 3.05) is 0 Å². The van der Waals surface area contributed by atoms with Crippen LogP contribution in [0.3, 0.4) is 0 Å². The van der Waals surface area contributed by atoms with E-state index in [-0.39, 0.29) is 58.4 Å². The van der Waals surface area contributed by atoms with Crippen LogP contribution in [0.25, 0.3) is 0 Å². The van der Waals surface area contributed by atoms with Crippen LogP contribution in [-0.4, -0.2) is 5.11 Å². The van der Waals surface area contributed by atoms with Crippen LogP contribution in [0.2, 0.25) is 0 Å². The average molecular weight is 671 g/mol. The van der Waals surface area contributed by atoms with Crippen molar-refractivity contribution >= 4 is 59.5 Å². The standard InChI is InChI=1S/C15H24O.2H3O2PS2.3Zn/c1-2-3-4-5-6-7-8-11-14-12-9-10-13-15(14)16;2*1-3(2,4)5;;;/h9-10,12-13,16H,2-8,11H2,1H3;2*(H3,1,2,4,5);;;/q;;;3*+2/p-6. The van der Waals surface area contributed by atoms with E-state index in [1.54, 1.807) is 6.07 Å². The first kappa shape index (κ1) is 41.9. The molecular formula is C15H24O5P2S4Zn3. The van der Waals surface area contributed by atoms with Gasteiger partial charge in [-0.15, -0.1) is 0 Å². The molecule has 0 spiro atoms. The predicted molar refractivity (Wildman–Crippen MR) is 113 cm³/mol. The van der Waals surface area contributed by atoms with Crippen LogP contribution in [-0.2, 0) is 113 Å². The second-order valence-corrected chi connectivity index (χ2v) is 14.3. The number of phenolic OH excluding ortho intramolecular Hbond substituents is 1. The van der Waals surface area contributed by atoms with Gasteiger partial charge in [0, 0.05) is 0 Å². The van der Waals surface area contributed by atoms with Gasteiger partial charge < -0.3 is 60.6 Å². The molecule has 0 aliphatic rings. The molecule has 0 radical (unpaired) electrons. The van der Waals surface area contributed by atoms with Crippen LogP contribution in [0.15, 0.2) is 24.3 Å². The van der Waals surface area contributed by atoms with Gasteiger partial charge in [-0.25, -0.2) is 0 Å². The van der Waals surface area contributed by atoms with Gasteiger partial charge in [0.05, 0.1) is 0 Å². The molecule has 0 aliphatic carbocycles. The van der Waals surface area contributed by atoms with E-state index in [2.05, 4.69) is 55.0 Å². The van der Waals surface area contributed by atoms with Gasteiger partial charge in [-0.3, -0.25) is 0 Å². The maximum atomic E-state index is 9.58. The quantitative estimate of drug-likeness (QED) is 0.191. The summed E-state index contributed by atoms with van der Waals surface area (Å²) in [4.78, 5) is 37.2. The minimum Gasteiger partial charge on any atom is -0.850 e. The Bertz CT molecular complexity index is 540. The van der Waals surface area contributed by atoms with Crippen molar-refractivity contribution in [2.45, 2.75) is 58.3 Å². The van der Waals surface area contributed by atoms with E-state index in [1.807, 2.05) is 18.2 Å². The summed E-state index contributed by atoms with van der Waals surface area (Å²) < 4.78 is 0. The summed E-state index contributed by atoms with van der Waals surface area (Å²) in [6.07, 6.45) is 10.3. The number of hydrogen-bond acceptors (Lipinski definition) is 9. The molecule has 0 amide bonds. The average Bonchev–Trinajstić information content (AvgIpc) is 2.45. The minimum absolute atomic E-state index is 0. The summed E-state index contributed by atoms with van der Waals surface area (Å²) >= 11 is 14.6. The molecule has 0 saturated carbocycles. The molecule has 0 saturated heterocycles. The van der Waals surface area contributed by atoms with E-state index in [1.165, 1.54) is 44.9 Å². The fourth-order valence-electron chi connectivity index (χ4n) is 1.99.